The second kappa shape index (κ2) is 3.75. The number of hydrogen-bond acceptors (Lipinski definition) is 2. The van der Waals surface area contributed by atoms with Crippen LogP contribution in [0.1, 0.15) is 17.9 Å². The third kappa shape index (κ3) is 1.57. The Morgan fingerprint density at radius 3 is 2.93 bits per heavy atom. The monoisotopic (exact) mass is 215 g/mol. The van der Waals surface area contributed by atoms with E-state index < -0.39 is 0 Å². The molecular formula is C10H11ClFNO. The van der Waals surface area contributed by atoms with Gasteiger partial charge in [0.15, 0.2) is 0 Å². The Hall–Kier alpha value is -0.800. The van der Waals surface area contributed by atoms with Gasteiger partial charge in [-0.15, -0.1) is 0 Å². The summed E-state index contributed by atoms with van der Waals surface area (Å²) >= 11 is 5.73. The molecule has 1 aromatic rings. The zero-order valence-electron chi connectivity index (χ0n) is 7.56. The molecule has 0 saturated carbocycles. The van der Waals surface area contributed by atoms with Gasteiger partial charge in [-0.1, -0.05) is 11.6 Å². The van der Waals surface area contributed by atoms with Gasteiger partial charge < -0.3 is 10.4 Å². The summed E-state index contributed by atoms with van der Waals surface area (Å²) in [5.74, 6) is -0.449. The van der Waals surface area contributed by atoms with Crippen LogP contribution >= 0.6 is 11.6 Å². The maximum atomic E-state index is 13.4. The van der Waals surface area contributed by atoms with Crippen LogP contribution in [0.4, 0.5) is 4.39 Å². The van der Waals surface area contributed by atoms with Crippen molar-refractivity contribution in [1.82, 2.24) is 5.32 Å². The third-order valence-electron chi connectivity index (χ3n) is 2.58. The summed E-state index contributed by atoms with van der Waals surface area (Å²) in [5.41, 5.74) is 0.350. The van der Waals surface area contributed by atoms with E-state index in [-0.39, 0.29) is 22.5 Å². The molecule has 76 valence electrons. The van der Waals surface area contributed by atoms with Crippen molar-refractivity contribution in [2.45, 2.75) is 12.3 Å². The normalized spacial score (nSPS) is 21.4. The van der Waals surface area contributed by atoms with Gasteiger partial charge in [-0.3, -0.25) is 0 Å². The summed E-state index contributed by atoms with van der Waals surface area (Å²) < 4.78 is 13.4. The van der Waals surface area contributed by atoms with Gasteiger partial charge in [-0.05, 0) is 25.1 Å². The standard InChI is InChI=1S/C10H11ClFNO/c11-7-1-2-8(12)9(10(7)14)6-3-4-13-5-6/h1-2,6,13-14H,3-5H2. The lowest BCUT2D eigenvalue weighted by Crippen LogP contribution is -2.09. The molecule has 1 unspecified atom stereocenters. The van der Waals surface area contributed by atoms with E-state index in [4.69, 9.17) is 11.6 Å². The Labute approximate surface area is 86.7 Å². The fourth-order valence-corrected chi connectivity index (χ4v) is 2.01. The molecular weight excluding hydrogens is 205 g/mol. The fraction of sp³-hybridized carbons (Fsp3) is 0.400. The lowest BCUT2D eigenvalue weighted by atomic mass is 9.97. The Morgan fingerprint density at radius 2 is 2.29 bits per heavy atom. The number of nitrogens with one attached hydrogen (secondary N) is 1. The highest BCUT2D eigenvalue weighted by molar-refractivity contribution is 6.32. The quantitative estimate of drug-likeness (QED) is 0.753. The van der Waals surface area contributed by atoms with Crippen molar-refractivity contribution >= 4 is 11.6 Å². The molecule has 0 aromatic heterocycles. The van der Waals surface area contributed by atoms with E-state index in [1.165, 1.54) is 12.1 Å². The van der Waals surface area contributed by atoms with Gasteiger partial charge in [0.1, 0.15) is 11.6 Å². The molecule has 0 bridgehead atoms. The number of benzene rings is 1. The van der Waals surface area contributed by atoms with Gasteiger partial charge in [-0.25, -0.2) is 4.39 Å². The van der Waals surface area contributed by atoms with Crippen molar-refractivity contribution in [3.05, 3.63) is 28.5 Å². The summed E-state index contributed by atoms with van der Waals surface area (Å²) in [5, 5.41) is 13.0. The summed E-state index contributed by atoms with van der Waals surface area (Å²) in [7, 11) is 0. The second-order valence-electron chi connectivity index (χ2n) is 3.48. The molecule has 0 spiro atoms. The number of aromatic hydroxyl groups is 1. The van der Waals surface area contributed by atoms with E-state index in [2.05, 4.69) is 5.32 Å². The van der Waals surface area contributed by atoms with Gasteiger partial charge in [0, 0.05) is 18.0 Å². The van der Waals surface area contributed by atoms with Crippen molar-refractivity contribution in [1.29, 1.82) is 0 Å². The molecule has 0 radical (unpaired) electrons. The van der Waals surface area contributed by atoms with Crippen LogP contribution in [-0.2, 0) is 0 Å². The van der Waals surface area contributed by atoms with E-state index in [9.17, 15) is 9.50 Å². The van der Waals surface area contributed by atoms with Crippen LogP contribution in [-0.4, -0.2) is 18.2 Å². The summed E-state index contributed by atoms with van der Waals surface area (Å²) in [6.45, 7) is 1.56. The lowest BCUT2D eigenvalue weighted by Gasteiger charge is -2.12. The van der Waals surface area contributed by atoms with Crippen LogP contribution in [0.5, 0.6) is 5.75 Å². The maximum Gasteiger partial charge on any atom is 0.140 e. The predicted molar refractivity (Wildman–Crippen MR) is 53.3 cm³/mol. The molecule has 0 aliphatic carbocycles. The molecule has 2 rings (SSSR count). The average molecular weight is 216 g/mol. The SMILES string of the molecule is Oc1c(Cl)ccc(F)c1C1CCNC1. The highest BCUT2D eigenvalue weighted by Crippen LogP contribution is 2.36. The van der Waals surface area contributed by atoms with E-state index >= 15 is 0 Å². The van der Waals surface area contributed by atoms with Gasteiger partial charge >= 0.3 is 0 Å². The number of phenolic OH excluding ortho intramolecular Hbond substituents is 1. The fourth-order valence-electron chi connectivity index (χ4n) is 1.85. The third-order valence-corrected chi connectivity index (χ3v) is 2.89. The first-order chi connectivity index (χ1) is 6.70. The Kier molecular flexibility index (Phi) is 2.61. The Balaban J connectivity index is 2.44. The highest BCUT2D eigenvalue weighted by Gasteiger charge is 2.24. The molecule has 0 amide bonds. The minimum Gasteiger partial charge on any atom is -0.506 e. The molecule has 1 atom stereocenters. The van der Waals surface area contributed by atoms with E-state index in [1.54, 1.807) is 0 Å². The van der Waals surface area contributed by atoms with Crippen molar-refractivity contribution in [2.75, 3.05) is 13.1 Å². The molecule has 1 aliphatic rings. The average Bonchev–Trinajstić information content (AvgIpc) is 2.65. The van der Waals surface area contributed by atoms with Crippen LogP contribution < -0.4 is 5.32 Å². The van der Waals surface area contributed by atoms with E-state index in [0.29, 0.717) is 12.1 Å². The topological polar surface area (TPSA) is 32.3 Å². The zero-order chi connectivity index (χ0) is 10.1. The van der Waals surface area contributed by atoms with E-state index in [0.717, 1.165) is 13.0 Å². The molecule has 14 heavy (non-hydrogen) atoms. The van der Waals surface area contributed by atoms with Crippen LogP contribution in [0.25, 0.3) is 0 Å². The van der Waals surface area contributed by atoms with Gasteiger partial charge in [0.05, 0.1) is 5.02 Å². The highest BCUT2D eigenvalue weighted by atomic mass is 35.5. The second-order valence-corrected chi connectivity index (χ2v) is 3.89. The first-order valence-electron chi connectivity index (χ1n) is 4.57. The van der Waals surface area contributed by atoms with Crippen molar-refractivity contribution < 1.29 is 9.50 Å². The Morgan fingerprint density at radius 1 is 1.50 bits per heavy atom. The van der Waals surface area contributed by atoms with Crippen molar-refractivity contribution in [2.24, 2.45) is 0 Å². The smallest absolute Gasteiger partial charge is 0.140 e. The minimum atomic E-state index is -0.374. The van der Waals surface area contributed by atoms with Crippen molar-refractivity contribution in [3.8, 4) is 5.75 Å². The number of phenols is 1. The first-order valence-corrected chi connectivity index (χ1v) is 4.95. The number of rotatable bonds is 1. The molecule has 4 heteroatoms. The molecule has 1 aromatic carbocycles. The largest absolute Gasteiger partial charge is 0.506 e. The van der Waals surface area contributed by atoms with Gasteiger partial charge in [0.2, 0.25) is 0 Å². The summed E-state index contributed by atoms with van der Waals surface area (Å²) in [6.07, 6.45) is 0.838. The zero-order valence-corrected chi connectivity index (χ0v) is 8.31. The van der Waals surface area contributed by atoms with Crippen LogP contribution in [0.3, 0.4) is 0 Å². The van der Waals surface area contributed by atoms with Gasteiger partial charge in [-0.2, -0.15) is 0 Å². The van der Waals surface area contributed by atoms with Crippen LogP contribution in [0.15, 0.2) is 12.1 Å². The molecule has 1 heterocycles. The number of hydrogen-bond donors (Lipinski definition) is 2. The predicted octanol–water partition coefficient (Wildman–Crippen LogP) is 2.26. The molecule has 1 saturated heterocycles. The molecule has 2 N–H and O–H groups in total. The van der Waals surface area contributed by atoms with Crippen molar-refractivity contribution in [3.63, 3.8) is 0 Å². The maximum absolute atomic E-state index is 13.4. The first kappa shape index (κ1) is 9.74. The summed E-state index contributed by atoms with van der Waals surface area (Å²) in [4.78, 5) is 0. The van der Waals surface area contributed by atoms with Gasteiger partial charge in [0.25, 0.3) is 0 Å². The van der Waals surface area contributed by atoms with E-state index in [1.807, 2.05) is 0 Å². The Bertz CT molecular complexity index is 350. The molecule has 2 nitrogen and oxygen atoms in total. The number of halogens is 2. The lowest BCUT2D eigenvalue weighted by molar-refractivity contribution is 0.451. The summed E-state index contributed by atoms with van der Waals surface area (Å²) in [6, 6.07) is 2.67. The minimum absolute atomic E-state index is 0.0358. The molecule has 1 aliphatic heterocycles. The molecule has 1 fully saturated rings. The van der Waals surface area contributed by atoms with Crippen LogP contribution in [0.2, 0.25) is 5.02 Å². The van der Waals surface area contributed by atoms with Crippen LogP contribution in [0, 0.1) is 5.82 Å².